The van der Waals surface area contributed by atoms with E-state index in [2.05, 4.69) is 39.0 Å². The van der Waals surface area contributed by atoms with Crippen LogP contribution in [-0.2, 0) is 0 Å². The van der Waals surface area contributed by atoms with Gasteiger partial charge >= 0.3 is 0 Å². The number of aryl methyl sites for hydroxylation is 1. The molecule has 1 aromatic carbocycles. The van der Waals surface area contributed by atoms with Crippen LogP contribution >= 0.6 is 0 Å². The molecule has 0 saturated heterocycles. The first kappa shape index (κ1) is 12.6. The quantitative estimate of drug-likeness (QED) is 0.840. The Hall–Kier alpha value is -0.860. The Balaban J connectivity index is 2.34. The van der Waals surface area contributed by atoms with Crippen LogP contribution in [0.15, 0.2) is 18.2 Å². The van der Waals surface area contributed by atoms with Gasteiger partial charge in [0.1, 0.15) is 0 Å². The first-order valence-electron chi connectivity index (χ1n) is 6.47. The fourth-order valence-electron chi connectivity index (χ4n) is 2.41. The third-order valence-electron chi connectivity index (χ3n) is 4.17. The Morgan fingerprint density at radius 3 is 2.47 bits per heavy atom. The van der Waals surface area contributed by atoms with Crippen molar-refractivity contribution >= 4 is 0 Å². The predicted octanol–water partition coefficient (Wildman–Crippen LogP) is 2.89. The summed E-state index contributed by atoms with van der Waals surface area (Å²) in [7, 11) is 0. The molecule has 3 N–H and O–H groups in total. The molecule has 0 bridgehead atoms. The largest absolute Gasteiger partial charge is 0.396 e. The molecule has 1 fully saturated rings. The molecule has 2 rings (SSSR count). The van der Waals surface area contributed by atoms with Gasteiger partial charge in [-0.05, 0) is 42.4 Å². The molecule has 0 heterocycles. The first-order chi connectivity index (χ1) is 8.00. The van der Waals surface area contributed by atoms with E-state index in [0.29, 0.717) is 5.92 Å². The van der Waals surface area contributed by atoms with Gasteiger partial charge in [0.25, 0.3) is 0 Å². The van der Waals surface area contributed by atoms with Gasteiger partial charge in [-0.15, -0.1) is 0 Å². The number of hydrogen-bond acceptors (Lipinski definition) is 2. The van der Waals surface area contributed by atoms with E-state index in [-0.39, 0.29) is 18.1 Å². The van der Waals surface area contributed by atoms with Crippen molar-refractivity contribution in [3.05, 3.63) is 34.9 Å². The lowest BCUT2D eigenvalue weighted by Gasteiger charge is -2.24. The molecule has 17 heavy (non-hydrogen) atoms. The summed E-state index contributed by atoms with van der Waals surface area (Å²) in [6.07, 6.45) is 2.10. The van der Waals surface area contributed by atoms with Gasteiger partial charge < -0.3 is 10.8 Å². The van der Waals surface area contributed by atoms with Gasteiger partial charge in [0.15, 0.2) is 0 Å². The van der Waals surface area contributed by atoms with Gasteiger partial charge in [0.05, 0.1) is 6.61 Å². The topological polar surface area (TPSA) is 46.2 Å². The lowest BCUT2D eigenvalue weighted by Crippen LogP contribution is -2.26. The highest BCUT2D eigenvalue weighted by Gasteiger charge is 2.48. The van der Waals surface area contributed by atoms with E-state index in [4.69, 9.17) is 5.73 Å². The number of nitrogens with two attached hydrogens (primary N) is 1. The third-order valence-corrected chi connectivity index (χ3v) is 4.17. The fourth-order valence-corrected chi connectivity index (χ4v) is 2.41. The molecule has 1 atom stereocenters. The molecule has 0 amide bonds. The minimum absolute atomic E-state index is 0.0220. The van der Waals surface area contributed by atoms with E-state index in [1.807, 2.05) is 0 Å². The lowest BCUT2D eigenvalue weighted by atomic mass is 9.86. The molecule has 94 valence electrons. The van der Waals surface area contributed by atoms with Gasteiger partial charge in [-0.25, -0.2) is 0 Å². The van der Waals surface area contributed by atoms with Crippen molar-refractivity contribution in [2.45, 2.75) is 45.6 Å². The first-order valence-corrected chi connectivity index (χ1v) is 6.47. The van der Waals surface area contributed by atoms with Crippen LogP contribution in [0.25, 0.3) is 0 Å². The SMILES string of the molecule is Cc1ccc(C(C)C)cc1C(N)C1(CO)CC1. The summed E-state index contributed by atoms with van der Waals surface area (Å²) in [5.41, 5.74) is 10.1. The van der Waals surface area contributed by atoms with Crippen LogP contribution in [0, 0.1) is 12.3 Å². The Bertz CT molecular complexity index is 407. The molecule has 2 nitrogen and oxygen atoms in total. The number of hydrogen-bond donors (Lipinski definition) is 2. The highest BCUT2D eigenvalue weighted by atomic mass is 16.3. The van der Waals surface area contributed by atoms with E-state index < -0.39 is 0 Å². The standard InChI is InChI=1S/C15H23NO/c1-10(2)12-5-4-11(3)13(8-12)14(16)15(9-17)6-7-15/h4-5,8,10,14,17H,6-7,9,16H2,1-3H3. The van der Waals surface area contributed by atoms with E-state index >= 15 is 0 Å². The average molecular weight is 233 g/mol. The summed E-state index contributed by atoms with van der Waals surface area (Å²) in [5, 5.41) is 9.48. The second kappa shape index (κ2) is 4.43. The van der Waals surface area contributed by atoms with Crippen molar-refractivity contribution in [1.82, 2.24) is 0 Å². The maximum absolute atomic E-state index is 9.48. The minimum Gasteiger partial charge on any atom is -0.396 e. The van der Waals surface area contributed by atoms with Crippen LogP contribution in [-0.4, -0.2) is 11.7 Å². The summed E-state index contributed by atoms with van der Waals surface area (Å²) >= 11 is 0. The van der Waals surface area contributed by atoms with Crippen LogP contribution in [0.5, 0.6) is 0 Å². The fraction of sp³-hybridized carbons (Fsp3) is 0.600. The Kier molecular flexibility index (Phi) is 3.28. The van der Waals surface area contributed by atoms with Gasteiger partial charge in [0, 0.05) is 11.5 Å². The van der Waals surface area contributed by atoms with Crippen LogP contribution in [0.1, 0.15) is 55.3 Å². The Labute approximate surface area is 104 Å². The minimum atomic E-state index is -0.0413. The maximum Gasteiger partial charge on any atom is 0.0505 e. The maximum atomic E-state index is 9.48. The van der Waals surface area contributed by atoms with Gasteiger partial charge in [-0.3, -0.25) is 0 Å². The number of aliphatic hydroxyl groups excluding tert-OH is 1. The normalized spacial score (nSPS) is 19.4. The zero-order chi connectivity index (χ0) is 12.6. The number of rotatable bonds is 4. The molecule has 0 spiro atoms. The third kappa shape index (κ3) is 2.24. The van der Waals surface area contributed by atoms with Crippen molar-refractivity contribution < 1.29 is 5.11 Å². The van der Waals surface area contributed by atoms with Crippen LogP contribution < -0.4 is 5.73 Å². The van der Waals surface area contributed by atoms with Gasteiger partial charge in [0.2, 0.25) is 0 Å². The molecule has 1 aromatic rings. The monoisotopic (exact) mass is 233 g/mol. The van der Waals surface area contributed by atoms with Gasteiger partial charge in [-0.2, -0.15) is 0 Å². The van der Waals surface area contributed by atoms with Crippen LogP contribution in [0.3, 0.4) is 0 Å². The zero-order valence-electron chi connectivity index (χ0n) is 11.0. The second-order valence-corrected chi connectivity index (χ2v) is 5.77. The van der Waals surface area contributed by atoms with E-state index in [1.165, 1.54) is 16.7 Å². The smallest absolute Gasteiger partial charge is 0.0505 e. The van der Waals surface area contributed by atoms with Crippen molar-refractivity contribution in [3.8, 4) is 0 Å². The molecule has 0 aliphatic heterocycles. The van der Waals surface area contributed by atoms with Crippen molar-refractivity contribution in [3.63, 3.8) is 0 Å². The molecular weight excluding hydrogens is 210 g/mol. The lowest BCUT2D eigenvalue weighted by molar-refractivity contribution is 0.187. The van der Waals surface area contributed by atoms with Crippen molar-refractivity contribution in [1.29, 1.82) is 0 Å². The molecular formula is C15H23NO. The Morgan fingerprint density at radius 2 is 2.00 bits per heavy atom. The number of benzene rings is 1. The van der Waals surface area contributed by atoms with Crippen LogP contribution in [0.2, 0.25) is 0 Å². The second-order valence-electron chi connectivity index (χ2n) is 5.77. The van der Waals surface area contributed by atoms with E-state index in [0.717, 1.165) is 12.8 Å². The summed E-state index contributed by atoms with van der Waals surface area (Å²) in [6, 6.07) is 6.53. The predicted molar refractivity (Wildman–Crippen MR) is 70.9 cm³/mol. The summed E-state index contributed by atoms with van der Waals surface area (Å²) in [5.74, 6) is 0.519. The van der Waals surface area contributed by atoms with E-state index in [1.54, 1.807) is 0 Å². The molecule has 1 unspecified atom stereocenters. The number of aliphatic hydroxyl groups is 1. The zero-order valence-corrected chi connectivity index (χ0v) is 11.0. The molecule has 1 saturated carbocycles. The molecule has 1 aliphatic rings. The van der Waals surface area contributed by atoms with E-state index in [9.17, 15) is 5.11 Å². The summed E-state index contributed by atoms with van der Waals surface area (Å²) in [6.45, 7) is 6.70. The molecule has 0 radical (unpaired) electrons. The molecule has 1 aliphatic carbocycles. The van der Waals surface area contributed by atoms with Crippen molar-refractivity contribution in [2.24, 2.45) is 11.1 Å². The molecule has 2 heteroatoms. The highest BCUT2D eigenvalue weighted by molar-refractivity contribution is 5.36. The average Bonchev–Trinajstić information content (AvgIpc) is 3.09. The van der Waals surface area contributed by atoms with Crippen molar-refractivity contribution in [2.75, 3.05) is 6.61 Å². The molecule has 0 aromatic heterocycles. The summed E-state index contributed by atoms with van der Waals surface area (Å²) < 4.78 is 0. The summed E-state index contributed by atoms with van der Waals surface area (Å²) in [4.78, 5) is 0. The highest BCUT2D eigenvalue weighted by Crippen LogP contribution is 2.53. The Morgan fingerprint density at radius 1 is 1.35 bits per heavy atom. The van der Waals surface area contributed by atoms with Crippen LogP contribution in [0.4, 0.5) is 0 Å². The van der Waals surface area contributed by atoms with Gasteiger partial charge in [-0.1, -0.05) is 32.0 Å².